The van der Waals surface area contributed by atoms with E-state index >= 15 is 0 Å². The van der Waals surface area contributed by atoms with Crippen LogP contribution in [0, 0.1) is 29.1 Å². The lowest BCUT2D eigenvalue weighted by molar-refractivity contribution is -0.0381. The van der Waals surface area contributed by atoms with Gasteiger partial charge in [-0.05, 0) is 75.5 Å². The van der Waals surface area contributed by atoms with E-state index in [-0.39, 0.29) is 5.54 Å². The van der Waals surface area contributed by atoms with E-state index in [0.29, 0.717) is 5.54 Å². The highest BCUT2D eigenvalue weighted by molar-refractivity contribution is 5.18. The van der Waals surface area contributed by atoms with Crippen LogP contribution in [0.3, 0.4) is 0 Å². The molecule has 5 aliphatic rings. The van der Waals surface area contributed by atoms with E-state index in [1.807, 2.05) is 0 Å². The summed E-state index contributed by atoms with van der Waals surface area (Å²) in [6, 6.07) is 2.58. The molecule has 0 aliphatic heterocycles. The van der Waals surface area contributed by atoms with Crippen molar-refractivity contribution in [3.63, 3.8) is 0 Å². The Morgan fingerprint density at radius 3 is 1.82 bits per heavy atom. The Hall–Kier alpha value is -0.550. The van der Waals surface area contributed by atoms with Crippen LogP contribution in [-0.2, 0) is 0 Å². The van der Waals surface area contributed by atoms with Gasteiger partial charge < -0.3 is 0 Å². The van der Waals surface area contributed by atoms with E-state index < -0.39 is 0 Å². The monoisotopic (exact) mass is 230 g/mol. The average molecular weight is 230 g/mol. The van der Waals surface area contributed by atoms with Crippen molar-refractivity contribution in [1.82, 2.24) is 5.32 Å². The molecule has 0 saturated heterocycles. The summed E-state index contributed by atoms with van der Waals surface area (Å²) in [5.74, 6) is 2.93. The summed E-state index contributed by atoms with van der Waals surface area (Å²) < 4.78 is 0. The average Bonchev–Trinajstić information content (AvgIpc) is 2.21. The lowest BCUT2D eigenvalue weighted by Gasteiger charge is -2.59. The number of hydrogen-bond acceptors (Lipinski definition) is 2. The fraction of sp³-hybridized carbons (Fsp3) is 0.933. The van der Waals surface area contributed by atoms with Gasteiger partial charge >= 0.3 is 0 Å². The molecule has 0 spiro atoms. The van der Waals surface area contributed by atoms with Crippen LogP contribution in [0.15, 0.2) is 0 Å². The highest BCUT2D eigenvalue weighted by Gasteiger charge is 2.54. The van der Waals surface area contributed by atoms with E-state index in [0.717, 1.165) is 30.6 Å². The molecule has 0 aromatic carbocycles. The molecule has 0 amide bonds. The Morgan fingerprint density at radius 1 is 0.941 bits per heavy atom. The predicted molar refractivity (Wildman–Crippen MR) is 66.2 cm³/mol. The molecule has 4 bridgehead atoms. The van der Waals surface area contributed by atoms with E-state index in [4.69, 9.17) is 0 Å². The van der Waals surface area contributed by atoms with Gasteiger partial charge in [-0.2, -0.15) is 5.26 Å². The van der Waals surface area contributed by atoms with Gasteiger partial charge in [-0.25, -0.2) is 0 Å². The van der Waals surface area contributed by atoms with Gasteiger partial charge in [0.05, 0.1) is 6.07 Å². The van der Waals surface area contributed by atoms with Gasteiger partial charge in [0.2, 0.25) is 0 Å². The van der Waals surface area contributed by atoms with Crippen LogP contribution in [0.1, 0.15) is 57.8 Å². The first-order valence-corrected chi connectivity index (χ1v) is 7.42. The minimum absolute atomic E-state index is 0.133. The zero-order chi connectivity index (χ0) is 11.5. The number of hydrogen-bond donors (Lipinski definition) is 1. The summed E-state index contributed by atoms with van der Waals surface area (Å²) in [7, 11) is 0. The van der Waals surface area contributed by atoms with E-state index in [1.54, 1.807) is 0 Å². The largest absolute Gasteiger partial charge is 0.294 e. The van der Waals surface area contributed by atoms with Gasteiger partial charge in [0.25, 0.3) is 0 Å². The first-order chi connectivity index (χ1) is 8.21. The minimum Gasteiger partial charge on any atom is -0.294 e. The summed E-state index contributed by atoms with van der Waals surface area (Å²) in [6.07, 6.45) is 12.0. The highest BCUT2D eigenvalue weighted by atomic mass is 15.1. The number of rotatable bonds is 2. The second kappa shape index (κ2) is 3.26. The molecule has 92 valence electrons. The standard InChI is InChI=1S/C15H22N2/c16-10-14(2-1-3-14)17-15-7-11-4-12(8-15)6-13(5-11)9-15/h11-13,17H,1-9H2. The van der Waals surface area contributed by atoms with Crippen molar-refractivity contribution < 1.29 is 0 Å². The van der Waals surface area contributed by atoms with Crippen molar-refractivity contribution in [2.24, 2.45) is 17.8 Å². The Kier molecular flexibility index (Phi) is 1.99. The third kappa shape index (κ3) is 1.48. The molecular weight excluding hydrogens is 208 g/mol. The van der Waals surface area contributed by atoms with Crippen molar-refractivity contribution in [2.45, 2.75) is 68.9 Å². The van der Waals surface area contributed by atoms with Crippen LogP contribution in [-0.4, -0.2) is 11.1 Å². The van der Waals surface area contributed by atoms with Gasteiger partial charge in [-0.15, -0.1) is 0 Å². The summed E-state index contributed by atoms with van der Waals surface area (Å²) in [5.41, 5.74) is 0.233. The number of nitrogens with zero attached hydrogens (tertiary/aromatic N) is 1. The highest BCUT2D eigenvalue weighted by Crippen LogP contribution is 2.56. The van der Waals surface area contributed by atoms with Crippen LogP contribution in [0.25, 0.3) is 0 Å². The third-order valence-electron chi connectivity index (χ3n) is 5.96. The van der Waals surface area contributed by atoms with Crippen LogP contribution in [0.5, 0.6) is 0 Å². The second-order valence-electron chi connectivity index (χ2n) is 7.37. The van der Waals surface area contributed by atoms with Crippen LogP contribution in [0.4, 0.5) is 0 Å². The molecule has 0 radical (unpaired) electrons. The molecule has 0 heterocycles. The zero-order valence-electron chi connectivity index (χ0n) is 10.5. The molecule has 5 fully saturated rings. The summed E-state index contributed by atoms with van der Waals surface area (Å²) in [5, 5.41) is 13.3. The second-order valence-corrected chi connectivity index (χ2v) is 7.37. The molecular formula is C15H22N2. The topological polar surface area (TPSA) is 35.8 Å². The Morgan fingerprint density at radius 2 is 1.47 bits per heavy atom. The Bertz CT molecular complexity index is 340. The van der Waals surface area contributed by atoms with Gasteiger partial charge in [0.15, 0.2) is 0 Å². The fourth-order valence-electron chi connectivity index (χ4n) is 5.57. The molecule has 1 N–H and O–H groups in total. The van der Waals surface area contributed by atoms with Crippen LogP contribution >= 0.6 is 0 Å². The molecule has 0 aromatic heterocycles. The molecule has 5 saturated carbocycles. The van der Waals surface area contributed by atoms with Crippen molar-refractivity contribution in [3.8, 4) is 6.07 Å². The van der Waals surface area contributed by atoms with Gasteiger partial charge in [0, 0.05) is 5.54 Å². The fourth-order valence-corrected chi connectivity index (χ4v) is 5.57. The van der Waals surface area contributed by atoms with E-state index in [1.165, 1.54) is 44.9 Å². The lowest BCUT2D eigenvalue weighted by atomic mass is 9.52. The molecule has 5 aliphatic carbocycles. The Balaban J connectivity index is 1.59. The van der Waals surface area contributed by atoms with Crippen molar-refractivity contribution in [2.75, 3.05) is 0 Å². The van der Waals surface area contributed by atoms with E-state index in [2.05, 4.69) is 11.4 Å². The van der Waals surface area contributed by atoms with E-state index in [9.17, 15) is 5.26 Å². The molecule has 0 atom stereocenters. The maximum absolute atomic E-state index is 9.43. The third-order valence-corrected chi connectivity index (χ3v) is 5.96. The van der Waals surface area contributed by atoms with Crippen LogP contribution in [0.2, 0.25) is 0 Å². The normalized spacial score (nSPS) is 49.7. The van der Waals surface area contributed by atoms with Gasteiger partial charge in [-0.1, -0.05) is 0 Å². The van der Waals surface area contributed by atoms with Crippen molar-refractivity contribution in [3.05, 3.63) is 0 Å². The number of nitriles is 1. The first kappa shape index (κ1) is 10.4. The van der Waals surface area contributed by atoms with Crippen molar-refractivity contribution in [1.29, 1.82) is 5.26 Å². The number of nitrogens with one attached hydrogen (secondary N) is 1. The van der Waals surface area contributed by atoms with Gasteiger partial charge in [0.1, 0.15) is 5.54 Å². The Labute approximate surface area is 104 Å². The SMILES string of the molecule is N#CC1(NC23CC4CC(CC(C4)C2)C3)CCC1. The smallest absolute Gasteiger partial charge is 0.107 e. The molecule has 5 rings (SSSR count). The maximum Gasteiger partial charge on any atom is 0.107 e. The van der Waals surface area contributed by atoms with Crippen molar-refractivity contribution >= 4 is 0 Å². The summed E-state index contributed by atoms with van der Waals surface area (Å²) >= 11 is 0. The molecule has 0 unspecified atom stereocenters. The maximum atomic E-state index is 9.43. The molecule has 0 aromatic rings. The minimum atomic E-state index is -0.133. The molecule has 2 heteroatoms. The molecule has 17 heavy (non-hydrogen) atoms. The first-order valence-electron chi connectivity index (χ1n) is 7.42. The van der Waals surface area contributed by atoms with Gasteiger partial charge in [-0.3, -0.25) is 5.32 Å². The lowest BCUT2D eigenvalue weighted by Crippen LogP contribution is -2.66. The molecule has 2 nitrogen and oxygen atoms in total. The summed E-state index contributed by atoms with van der Waals surface area (Å²) in [6.45, 7) is 0. The van der Waals surface area contributed by atoms with Crippen LogP contribution < -0.4 is 5.32 Å². The zero-order valence-corrected chi connectivity index (χ0v) is 10.5. The predicted octanol–water partition coefficient (Wildman–Crippen LogP) is 2.99. The summed E-state index contributed by atoms with van der Waals surface area (Å²) in [4.78, 5) is 0. The quantitative estimate of drug-likeness (QED) is 0.791.